The summed E-state index contributed by atoms with van der Waals surface area (Å²) in [5.74, 6) is -0.246. The molecule has 8 heteroatoms. The Bertz CT molecular complexity index is 845. The van der Waals surface area contributed by atoms with Gasteiger partial charge in [0, 0.05) is 18.2 Å². The van der Waals surface area contributed by atoms with Crippen LogP contribution in [0.3, 0.4) is 0 Å². The molecular formula is C18H21NO6S. The molecule has 0 N–H and O–H groups in total. The number of para-hydroxylation sites is 1. The van der Waals surface area contributed by atoms with E-state index in [9.17, 15) is 18.0 Å². The van der Waals surface area contributed by atoms with Crippen LogP contribution in [-0.4, -0.2) is 62.5 Å². The van der Waals surface area contributed by atoms with Gasteiger partial charge in [0.25, 0.3) is 5.91 Å². The summed E-state index contributed by atoms with van der Waals surface area (Å²) in [7, 11) is -3.09. The lowest BCUT2D eigenvalue weighted by Gasteiger charge is -2.26. The highest BCUT2D eigenvalue weighted by Crippen LogP contribution is 2.26. The summed E-state index contributed by atoms with van der Waals surface area (Å²) in [6.45, 7) is 1.82. The second-order valence-corrected chi connectivity index (χ2v) is 8.54. The van der Waals surface area contributed by atoms with Gasteiger partial charge in [-0.1, -0.05) is 18.2 Å². The molecule has 0 aliphatic carbocycles. The van der Waals surface area contributed by atoms with Crippen LogP contribution in [0.25, 0.3) is 6.08 Å². The summed E-state index contributed by atoms with van der Waals surface area (Å²) in [6.07, 6.45) is 2.11. The summed E-state index contributed by atoms with van der Waals surface area (Å²) < 4.78 is 33.9. The van der Waals surface area contributed by atoms with E-state index in [1.165, 1.54) is 4.90 Å². The normalized spacial score (nSPS) is 20.5. The van der Waals surface area contributed by atoms with Crippen LogP contribution in [0.2, 0.25) is 0 Å². The molecule has 2 aliphatic heterocycles. The standard InChI is InChI=1S/C18H21NO6S/c1-2-19(15-7-8-26(22,23)12-15)17(20)11-25-18(21)14-9-13-5-3-4-6-16(13)24-10-14/h3-6,9,15H,2,7-8,10-12H2,1H3/t15-/m1/s1. The number of fused-ring (bicyclic) bond motifs is 1. The highest BCUT2D eigenvalue weighted by atomic mass is 32.2. The Hall–Kier alpha value is -2.35. The number of nitrogens with zero attached hydrogens (tertiary/aromatic N) is 1. The average molecular weight is 379 g/mol. The first-order valence-corrected chi connectivity index (χ1v) is 10.3. The van der Waals surface area contributed by atoms with Crippen LogP contribution in [0.1, 0.15) is 18.9 Å². The number of likely N-dealkylation sites (N-methyl/N-ethyl adjacent to an activating group) is 1. The van der Waals surface area contributed by atoms with Gasteiger partial charge < -0.3 is 14.4 Å². The maximum absolute atomic E-state index is 12.4. The molecule has 0 spiro atoms. The van der Waals surface area contributed by atoms with E-state index in [1.54, 1.807) is 13.0 Å². The van der Waals surface area contributed by atoms with Crippen LogP contribution in [0.4, 0.5) is 0 Å². The molecule has 1 amide bonds. The zero-order chi connectivity index (χ0) is 18.7. The zero-order valence-corrected chi connectivity index (χ0v) is 15.3. The smallest absolute Gasteiger partial charge is 0.338 e. The third kappa shape index (κ3) is 4.07. The van der Waals surface area contributed by atoms with E-state index in [1.807, 2.05) is 24.3 Å². The number of esters is 1. The minimum absolute atomic E-state index is 0.0314. The molecule has 140 valence electrons. The van der Waals surface area contributed by atoms with Gasteiger partial charge in [-0.25, -0.2) is 13.2 Å². The van der Waals surface area contributed by atoms with Crippen LogP contribution in [0.5, 0.6) is 5.75 Å². The topological polar surface area (TPSA) is 90.0 Å². The Morgan fingerprint density at radius 3 is 2.77 bits per heavy atom. The van der Waals surface area contributed by atoms with Gasteiger partial charge >= 0.3 is 5.97 Å². The lowest BCUT2D eigenvalue weighted by molar-refractivity contribution is -0.150. The van der Waals surface area contributed by atoms with Crippen molar-refractivity contribution in [3.05, 3.63) is 35.4 Å². The second kappa shape index (κ2) is 7.49. The maximum atomic E-state index is 12.4. The molecule has 1 aromatic rings. The van der Waals surface area contributed by atoms with Gasteiger partial charge in [-0.2, -0.15) is 0 Å². The summed E-state index contributed by atoms with van der Waals surface area (Å²) in [5, 5.41) is 0. The van der Waals surface area contributed by atoms with E-state index in [0.29, 0.717) is 24.3 Å². The molecule has 26 heavy (non-hydrogen) atoms. The number of benzene rings is 1. The van der Waals surface area contributed by atoms with E-state index in [-0.39, 0.29) is 30.1 Å². The third-order valence-electron chi connectivity index (χ3n) is 4.53. The third-order valence-corrected chi connectivity index (χ3v) is 6.28. The van der Waals surface area contributed by atoms with Gasteiger partial charge in [-0.3, -0.25) is 4.79 Å². The lowest BCUT2D eigenvalue weighted by atomic mass is 10.1. The van der Waals surface area contributed by atoms with Crippen LogP contribution in [0, 0.1) is 0 Å². The molecule has 1 aromatic carbocycles. The predicted octanol–water partition coefficient (Wildman–Crippen LogP) is 1.04. The molecule has 1 fully saturated rings. The molecule has 0 radical (unpaired) electrons. The van der Waals surface area contributed by atoms with Crippen LogP contribution in [-0.2, 0) is 24.2 Å². The summed E-state index contributed by atoms with van der Waals surface area (Å²) in [6, 6.07) is 6.97. The molecule has 3 rings (SSSR count). The number of ether oxygens (including phenoxy) is 2. The van der Waals surface area contributed by atoms with Crippen molar-refractivity contribution in [1.29, 1.82) is 0 Å². The molecule has 0 unspecified atom stereocenters. The number of carbonyl (C=O) groups excluding carboxylic acids is 2. The Kier molecular flexibility index (Phi) is 5.31. The Labute approximate surface area is 152 Å². The highest BCUT2D eigenvalue weighted by molar-refractivity contribution is 7.91. The largest absolute Gasteiger partial charge is 0.488 e. The Balaban J connectivity index is 1.59. The summed E-state index contributed by atoms with van der Waals surface area (Å²) >= 11 is 0. The van der Waals surface area contributed by atoms with E-state index >= 15 is 0 Å². The SMILES string of the molecule is CCN(C(=O)COC(=O)C1=Cc2ccccc2OC1)[C@@H]1CCS(=O)(=O)C1. The molecule has 7 nitrogen and oxygen atoms in total. The van der Waals surface area contributed by atoms with Crippen LogP contribution >= 0.6 is 0 Å². The highest BCUT2D eigenvalue weighted by Gasteiger charge is 2.34. The first-order valence-electron chi connectivity index (χ1n) is 8.49. The number of amides is 1. The minimum Gasteiger partial charge on any atom is -0.488 e. The van der Waals surface area contributed by atoms with Crippen molar-refractivity contribution in [2.45, 2.75) is 19.4 Å². The first kappa shape index (κ1) is 18.4. The van der Waals surface area contributed by atoms with E-state index in [0.717, 1.165) is 5.56 Å². The van der Waals surface area contributed by atoms with Gasteiger partial charge in [0.2, 0.25) is 0 Å². The lowest BCUT2D eigenvalue weighted by Crippen LogP contribution is -2.43. The predicted molar refractivity (Wildman–Crippen MR) is 95.3 cm³/mol. The molecule has 0 aromatic heterocycles. The fourth-order valence-corrected chi connectivity index (χ4v) is 4.93. The first-order chi connectivity index (χ1) is 12.4. The van der Waals surface area contributed by atoms with Crippen molar-refractivity contribution in [2.75, 3.05) is 31.3 Å². The molecule has 0 bridgehead atoms. The zero-order valence-electron chi connectivity index (χ0n) is 14.5. The van der Waals surface area contributed by atoms with Gasteiger partial charge in [0.1, 0.15) is 12.4 Å². The van der Waals surface area contributed by atoms with Crippen molar-refractivity contribution in [1.82, 2.24) is 4.90 Å². The number of hydrogen-bond donors (Lipinski definition) is 0. The molecule has 1 saturated heterocycles. The molecular weight excluding hydrogens is 358 g/mol. The van der Waals surface area contributed by atoms with Crippen LogP contribution < -0.4 is 4.74 Å². The second-order valence-electron chi connectivity index (χ2n) is 6.31. The fraction of sp³-hybridized carbons (Fsp3) is 0.444. The summed E-state index contributed by atoms with van der Waals surface area (Å²) in [5.41, 5.74) is 1.12. The number of hydrogen-bond acceptors (Lipinski definition) is 6. The maximum Gasteiger partial charge on any atom is 0.338 e. The van der Waals surface area contributed by atoms with Crippen molar-refractivity contribution in [3.63, 3.8) is 0 Å². The molecule has 2 heterocycles. The van der Waals surface area contributed by atoms with Crippen molar-refractivity contribution in [3.8, 4) is 5.75 Å². The monoisotopic (exact) mass is 379 g/mol. The fourth-order valence-electron chi connectivity index (χ4n) is 3.20. The van der Waals surface area contributed by atoms with Crippen molar-refractivity contribution < 1.29 is 27.5 Å². The van der Waals surface area contributed by atoms with Crippen molar-refractivity contribution >= 4 is 27.8 Å². The minimum atomic E-state index is -3.09. The Morgan fingerprint density at radius 2 is 2.08 bits per heavy atom. The molecule has 2 aliphatic rings. The molecule has 0 saturated carbocycles. The van der Waals surface area contributed by atoms with Gasteiger partial charge in [0.05, 0.1) is 17.1 Å². The number of carbonyl (C=O) groups is 2. The average Bonchev–Trinajstić information content (AvgIpc) is 2.99. The van der Waals surface area contributed by atoms with E-state index in [4.69, 9.17) is 9.47 Å². The number of sulfone groups is 1. The van der Waals surface area contributed by atoms with Gasteiger partial charge in [-0.15, -0.1) is 0 Å². The van der Waals surface area contributed by atoms with Crippen LogP contribution in [0.15, 0.2) is 29.8 Å². The van der Waals surface area contributed by atoms with Gasteiger partial charge in [-0.05, 0) is 25.5 Å². The summed E-state index contributed by atoms with van der Waals surface area (Å²) in [4.78, 5) is 26.0. The van der Waals surface area contributed by atoms with Gasteiger partial charge in [0.15, 0.2) is 16.4 Å². The van der Waals surface area contributed by atoms with Crippen molar-refractivity contribution in [2.24, 2.45) is 0 Å². The van der Waals surface area contributed by atoms with E-state index in [2.05, 4.69) is 0 Å². The van der Waals surface area contributed by atoms with E-state index < -0.39 is 22.4 Å². The quantitative estimate of drug-likeness (QED) is 0.710. The number of rotatable bonds is 5. The Morgan fingerprint density at radius 1 is 1.31 bits per heavy atom. The molecule has 1 atom stereocenters.